The van der Waals surface area contributed by atoms with Gasteiger partial charge in [-0.2, -0.15) is 0 Å². The quantitative estimate of drug-likeness (QED) is 0.141. The van der Waals surface area contributed by atoms with Crippen LogP contribution in [0.4, 0.5) is 0 Å². The molecule has 0 aliphatic heterocycles. The minimum atomic E-state index is -0.892. The molecule has 280 valence electrons. The molecule has 8 heteroatoms. The molecule has 0 spiro atoms. The predicted octanol–water partition coefficient (Wildman–Crippen LogP) is 10.8. The number of esters is 1. The van der Waals surface area contributed by atoms with E-state index in [4.69, 9.17) is 9.72 Å². The van der Waals surface area contributed by atoms with E-state index >= 15 is 0 Å². The first-order chi connectivity index (χ1) is 25.8. The maximum atomic E-state index is 13.0. The van der Waals surface area contributed by atoms with Crippen molar-refractivity contribution in [3.05, 3.63) is 130 Å². The Balaban J connectivity index is 0.000000168. The highest BCUT2D eigenvalue weighted by atomic mass is 16.6. The Morgan fingerprint density at radius 1 is 0.722 bits per heavy atom. The lowest BCUT2D eigenvalue weighted by Gasteiger charge is -2.21. The van der Waals surface area contributed by atoms with Gasteiger partial charge in [-0.1, -0.05) is 24.3 Å². The van der Waals surface area contributed by atoms with Gasteiger partial charge in [0.1, 0.15) is 5.60 Å². The van der Waals surface area contributed by atoms with Crippen LogP contribution in [0.2, 0.25) is 0 Å². The Morgan fingerprint density at radius 2 is 1.17 bits per heavy atom. The molecule has 0 unspecified atom stereocenters. The number of rotatable bonds is 10. The average molecular weight is 725 g/mol. The number of hydrogen-bond acceptors (Lipinski definition) is 5. The first-order valence-electron chi connectivity index (χ1n) is 19.4. The van der Waals surface area contributed by atoms with Gasteiger partial charge in [0, 0.05) is 71.5 Å². The van der Waals surface area contributed by atoms with Gasteiger partial charge in [0.15, 0.2) is 0 Å². The van der Waals surface area contributed by atoms with Gasteiger partial charge in [-0.15, -0.1) is 0 Å². The van der Waals surface area contributed by atoms with E-state index in [0.717, 1.165) is 35.2 Å². The molecule has 6 aromatic rings. The highest BCUT2D eigenvalue weighted by Crippen LogP contribution is 2.41. The van der Waals surface area contributed by atoms with Crippen molar-refractivity contribution >= 4 is 33.7 Å². The Kier molecular flexibility index (Phi) is 10.2. The van der Waals surface area contributed by atoms with Crippen LogP contribution in [-0.2, 0) is 17.6 Å². The summed E-state index contributed by atoms with van der Waals surface area (Å²) in [7, 11) is 0. The van der Waals surface area contributed by atoms with Gasteiger partial charge in [-0.05, 0) is 145 Å². The van der Waals surface area contributed by atoms with E-state index in [1.807, 2.05) is 51.4 Å². The molecule has 2 aliphatic rings. The van der Waals surface area contributed by atoms with Gasteiger partial charge in [-0.3, -0.25) is 9.97 Å². The number of carbonyl (C=O) groups excluding carboxylic acids is 1. The molecule has 2 saturated carbocycles. The lowest BCUT2D eigenvalue weighted by Crippen LogP contribution is -2.25. The molecule has 4 heterocycles. The number of pyridine rings is 2. The fourth-order valence-electron chi connectivity index (χ4n) is 7.35. The molecule has 0 radical (unpaired) electrons. The van der Waals surface area contributed by atoms with Crippen LogP contribution in [0.3, 0.4) is 0 Å². The molecule has 1 N–H and O–H groups in total. The minimum absolute atomic E-state index is 0.283. The minimum Gasteiger partial charge on any atom is -0.478 e. The standard InChI is InChI=1S/C25H30N2O2.C21H22N2O2/c1-16(2)27-12-11-20-18(7-6-8-23(20)27)14-22-21(24(28)29-25(3,4)5)13-19(15-26-22)17-9-10-17;1-13(2)23-9-8-17-15(4-3-5-20(17)23)11-19-18(21(24)25)10-16(12-22-19)14-6-7-14/h6-8,11-13,15-17H,9-10,14H2,1-5H3;3-5,8-10,12-14H,6-7,11H2,1-2H3,(H,24,25). The lowest BCUT2D eigenvalue weighted by molar-refractivity contribution is 0.00675. The van der Waals surface area contributed by atoms with Gasteiger partial charge in [0.25, 0.3) is 0 Å². The third kappa shape index (κ3) is 8.13. The van der Waals surface area contributed by atoms with Crippen molar-refractivity contribution < 1.29 is 19.4 Å². The number of aromatic nitrogens is 4. The number of carboxylic acid groups (broad SMARTS) is 1. The van der Waals surface area contributed by atoms with E-state index in [1.54, 1.807) is 0 Å². The molecular weight excluding hydrogens is 673 g/mol. The summed E-state index contributed by atoms with van der Waals surface area (Å²) < 4.78 is 10.2. The fourth-order valence-corrected chi connectivity index (χ4v) is 7.35. The van der Waals surface area contributed by atoms with E-state index in [0.29, 0.717) is 53.6 Å². The fraction of sp³-hybridized carbons (Fsp3) is 0.391. The average Bonchev–Trinajstić information content (AvgIpc) is 4.06. The van der Waals surface area contributed by atoms with Crippen LogP contribution in [0.5, 0.6) is 0 Å². The van der Waals surface area contributed by atoms with Gasteiger partial charge in [0.2, 0.25) is 0 Å². The first-order valence-corrected chi connectivity index (χ1v) is 19.4. The van der Waals surface area contributed by atoms with Gasteiger partial charge < -0.3 is 19.0 Å². The molecule has 4 aromatic heterocycles. The van der Waals surface area contributed by atoms with Crippen LogP contribution in [-0.4, -0.2) is 41.7 Å². The van der Waals surface area contributed by atoms with Crippen LogP contribution in [0.1, 0.15) is 152 Å². The highest BCUT2D eigenvalue weighted by Gasteiger charge is 2.28. The maximum absolute atomic E-state index is 13.0. The Morgan fingerprint density at radius 3 is 1.57 bits per heavy atom. The van der Waals surface area contributed by atoms with Gasteiger partial charge in [0.05, 0.1) is 22.5 Å². The predicted molar refractivity (Wildman–Crippen MR) is 215 cm³/mol. The molecule has 0 bridgehead atoms. The number of carbonyl (C=O) groups is 2. The van der Waals surface area contributed by atoms with Crippen molar-refractivity contribution in [2.45, 2.75) is 117 Å². The SMILES string of the molecule is CC(C)n1ccc2c(Cc3ncc(C4CC4)cc3C(=O)O)cccc21.CC(C)n1ccc2c(Cc3ncc(C4CC4)cc3C(=O)OC(C)(C)C)cccc21. The van der Waals surface area contributed by atoms with Crippen LogP contribution in [0.25, 0.3) is 21.8 Å². The first kappa shape index (κ1) is 37.1. The molecule has 54 heavy (non-hydrogen) atoms. The monoisotopic (exact) mass is 724 g/mol. The molecule has 8 nitrogen and oxygen atoms in total. The molecular formula is C46H52N4O4. The molecule has 0 atom stereocenters. The van der Waals surface area contributed by atoms with E-state index in [1.165, 1.54) is 40.2 Å². The second-order valence-corrected chi connectivity index (χ2v) is 16.6. The van der Waals surface area contributed by atoms with E-state index in [2.05, 4.69) is 96.7 Å². The third-order valence-electron chi connectivity index (χ3n) is 10.5. The van der Waals surface area contributed by atoms with Crippen LogP contribution in [0, 0.1) is 0 Å². The topological polar surface area (TPSA) is 99.2 Å². The van der Waals surface area contributed by atoms with E-state index in [9.17, 15) is 14.7 Å². The zero-order valence-corrected chi connectivity index (χ0v) is 32.6. The van der Waals surface area contributed by atoms with Crippen LogP contribution < -0.4 is 0 Å². The third-order valence-corrected chi connectivity index (χ3v) is 10.5. The maximum Gasteiger partial charge on any atom is 0.340 e. The number of hydrogen-bond donors (Lipinski definition) is 1. The van der Waals surface area contributed by atoms with Crippen LogP contribution >= 0.6 is 0 Å². The summed E-state index contributed by atoms with van der Waals surface area (Å²) in [6.45, 7) is 14.4. The van der Waals surface area contributed by atoms with Gasteiger partial charge in [-0.25, -0.2) is 9.59 Å². The number of carboxylic acids is 1. The highest BCUT2D eigenvalue weighted by molar-refractivity contribution is 5.92. The van der Waals surface area contributed by atoms with Crippen molar-refractivity contribution in [2.75, 3.05) is 0 Å². The number of nitrogens with zero attached hydrogens (tertiary/aromatic N) is 4. The molecule has 2 aromatic carbocycles. The number of aromatic carboxylic acids is 1. The molecule has 2 aliphatic carbocycles. The lowest BCUT2D eigenvalue weighted by atomic mass is 10.00. The summed E-state index contributed by atoms with van der Waals surface area (Å²) in [4.78, 5) is 33.9. The zero-order valence-electron chi connectivity index (χ0n) is 32.6. The van der Waals surface area contributed by atoms with Crippen molar-refractivity contribution in [3.63, 3.8) is 0 Å². The van der Waals surface area contributed by atoms with Crippen molar-refractivity contribution in [2.24, 2.45) is 0 Å². The van der Waals surface area contributed by atoms with Gasteiger partial charge >= 0.3 is 11.9 Å². The zero-order chi connectivity index (χ0) is 38.3. The molecule has 8 rings (SSSR count). The Hall–Kier alpha value is -5.24. The van der Waals surface area contributed by atoms with E-state index in [-0.39, 0.29) is 5.97 Å². The summed E-state index contributed by atoms with van der Waals surface area (Å²) in [5.41, 5.74) is 8.74. The van der Waals surface area contributed by atoms with E-state index < -0.39 is 11.6 Å². The number of fused-ring (bicyclic) bond motifs is 2. The second-order valence-electron chi connectivity index (χ2n) is 16.6. The molecule has 0 amide bonds. The van der Waals surface area contributed by atoms with Crippen molar-refractivity contribution in [3.8, 4) is 0 Å². The van der Waals surface area contributed by atoms with Crippen LogP contribution in [0.15, 0.2) is 85.5 Å². The number of ether oxygens (including phenoxy) is 1. The summed E-state index contributed by atoms with van der Waals surface area (Å²) in [6.07, 6.45) is 13.8. The molecule has 0 saturated heterocycles. The summed E-state index contributed by atoms with van der Waals surface area (Å²) in [6, 6.07) is 21.5. The van der Waals surface area contributed by atoms with Crippen molar-refractivity contribution in [1.29, 1.82) is 0 Å². The summed E-state index contributed by atoms with van der Waals surface area (Å²) in [5.74, 6) is -0.129. The number of benzene rings is 2. The smallest absolute Gasteiger partial charge is 0.340 e. The largest absolute Gasteiger partial charge is 0.478 e. The van der Waals surface area contributed by atoms with Crippen molar-refractivity contribution in [1.82, 2.24) is 19.1 Å². The Bertz CT molecular complexity index is 2330. The summed E-state index contributed by atoms with van der Waals surface area (Å²) in [5, 5.41) is 12.0. The normalized spacial score (nSPS) is 14.5. The summed E-state index contributed by atoms with van der Waals surface area (Å²) >= 11 is 0. The second kappa shape index (κ2) is 14.9. The Labute approximate surface area is 318 Å². The molecule has 2 fully saturated rings.